The highest BCUT2D eigenvalue weighted by Crippen LogP contribution is 2.26. The second-order valence-corrected chi connectivity index (χ2v) is 9.33. The number of hydrogen-bond acceptors (Lipinski definition) is 5. The van der Waals surface area contributed by atoms with Gasteiger partial charge in [-0.2, -0.15) is 0 Å². The summed E-state index contributed by atoms with van der Waals surface area (Å²) < 4.78 is 29.4. The molecule has 8 nitrogen and oxygen atoms in total. The summed E-state index contributed by atoms with van der Waals surface area (Å²) in [7, 11) is 1.30. The zero-order chi connectivity index (χ0) is 26.1. The summed E-state index contributed by atoms with van der Waals surface area (Å²) in [6, 6.07) is 18.9. The van der Waals surface area contributed by atoms with E-state index in [1.54, 1.807) is 42.5 Å². The monoisotopic (exact) mass is 548 g/mol. The third-order valence-electron chi connectivity index (χ3n) is 5.31. The minimum Gasteiger partial charge on any atom is -0.755 e. The second-order valence-electron chi connectivity index (χ2n) is 7.67. The lowest BCUT2D eigenvalue weighted by Gasteiger charge is -2.26. The quantitative estimate of drug-likeness (QED) is 0.359. The van der Waals surface area contributed by atoms with Gasteiger partial charge in [-0.1, -0.05) is 59.6 Å². The Kier molecular flexibility index (Phi) is 10.1. The van der Waals surface area contributed by atoms with Crippen LogP contribution in [0, 0.1) is 0 Å². The predicted molar refractivity (Wildman–Crippen MR) is 140 cm³/mol. The Labute approximate surface area is 222 Å². The molecule has 11 heteroatoms. The van der Waals surface area contributed by atoms with Gasteiger partial charge in [-0.15, -0.1) is 0 Å². The maximum absolute atomic E-state index is 12.6. The molecule has 0 aliphatic heterocycles. The first-order valence-electron chi connectivity index (χ1n) is 10.9. The Morgan fingerprint density at radius 3 is 2.14 bits per heavy atom. The van der Waals surface area contributed by atoms with Crippen molar-refractivity contribution in [2.45, 2.75) is 19.5 Å². The first-order chi connectivity index (χ1) is 17.3. The maximum Gasteiger partial charge on any atom is 0.407 e. The van der Waals surface area contributed by atoms with E-state index < -0.39 is 17.4 Å². The molecule has 36 heavy (non-hydrogen) atoms. The van der Waals surface area contributed by atoms with Crippen LogP contribution >= 0.6 is 23.2 Å². The molecule has 0 saturated carbocycles. The molecule has 0 aliphatic rings. The summed E-state index contributed by atoms with van der Waals surface area (Å²) in [4.78, 5) is 23.7. The molecule has 1 unspecified atom stereocenters. The molecule has 190 valence electrons. The highest BCUT2D eigenvalue weighted by atomic mass is 35.5. The van der Waals surface area contributed by atoms with Crippen LogP contribution in [0.3, 0.4) is 0 Å². The average molecular weight is 549 g/mol. The lowest BCUT2D eigenvalue weighted by Crippen LogP contribution is -2.28. The van der Waals surface area contributed by atoms with Crippen molar-refractivity contribution >= 4 is 52.2 Å². The maximum atomic E-state index is 12.6. The van der Waals surface area contributed by atoms with Crippen molar-refractivity contribution in [3.05, 3.63) is 99.0 Å². The number of carbonyl (C=O) groups is 2. The summed E-state index contributed by atoms with van der Waals surface area (Å²) in [5.74, 6) is -0.293. The van der Waals surface area contributed by atoms with E-state index in [1.807, 2.05) is 24.3 Å². The largest absolute Gasteiger partial charge is 0.755 e. The van der Waals surface area contributed by atoms with Crippen molar-refractivity contribution < 1.29 is 23.1 Å². The Hall–Kier alpha value is -3.11. The van der Waals surface area contributed by atoms with Gasteiger partial charge in [0.1, 0.15) is 0 Å². The fourth-order valence-electron chi connectivity index (χ4n) is 3.34. The van der Waals surface area contributed by atoms with E-state index in [-0.39, 0.29) is 12.5 Å². The number of amides is 2. The topological polar surface area (TPSA) is 111 Å². The molecule has 0 radical (unpaired) electrons. The first kappa shape index (κ1) is 27.5. The Bertz CT molecular complexity index is 1220. The molecule has 0 spiro atoms. The van der Waals surface area contributed by atoms with Gasteiger partial charge in [0, 0.05) is 42.2 Å². The number of methoxy groups -OCH3 is 1. The number of halogens is 2. The summed E-state index contributed by atoms with van der Waals surface area (Å²) in [6.45, 7) is 0.804. The molecule has 0 aromatic heterocycles. The molecule has 3 rings (SSSR count). The zero-order valence-corrected chi connectivity index (χ0v) is 21.7. The fourth-order valence-corrected chi connectivity index (χ4v) is 4.29. The van der Waals surface area contributed by atoms with E-state index in [0.29, 0.717) is 40.8 Å². The van der Waals surface area contributed by atoms with E-state index >= 15 is 0 Å². The SMILES string of the molecule is COC(=O)NCc1ccc(CNC(=O)c2ccc(N(CCc3cccc(Cl)c3Cl)S(=O)[O-])cc2)cc1. The predicted octanol–water partition coefficient (Wildman–Crippen LogP) is 4.62. The normalized spacial score (nSPS) is 11.4. The Morgan fingerprint density at radius 2 is 1.56 bits per heavy atom. The molecule has 0 fully saturated rings. The molecule has 3 aromatic carbocycles. The lowest BCUT2D eigenvalue weighted by molar-refractivity contribution is 0.0951. The molecule has 2 N–H and O–H groups in total. The van der Waals surface area contributed by atoms with Crippen LogP contribution in [0.5, 0.6) is 0 Å². The first-order valence-corrected chi connectivity index (χ1v) is 12.6. The average Bonchev–Trinajstić information content (AvgIpc) is 2.89. The van der Waals surface area contributed by atoms with Crippen LogP contribution in [0.4, 0.5) is 10.5 Å². The number of ether oxygens (including phenoxy) is 1. The Balaban J connectivity index is 1.56. The number of carbonyl (C=O) groups excluding carboxylic acids is 2. The van der Waals surface area contributed by atoms with E-state index in [2.05, 4.69) is 15.4 Å². The van der Waals surface area contributed by atoms with Crippen LogP contribution < -0.4 is 14.9 Å². The van der Waals surface area contributed by atoms with E-state index in [4.69, 9.17) is 23.2 Å². The Morgan fingerprint density at radius 1 is 0.944 bits per heavy atom. The summed E-state index contributed by atoms with van der Waals surface area (Å²) in [5, 5.41) is 6.23. The van der Waals surface area contributed by atoms with E-state index in [1.165, 1.54) is 11.4 Å². The van der Waals surface area contributed by atoms with Crippen LogP contribution in [0.15, 0.2) is 66.7 Å². The third kappa shape index (κ3) is 7.69. The van der Waals surface area contributed by atoms with E-state index in [9.17, 15) is 18.4 Å². The lowest BCUT2D eigenvalue weighted by atomic mass is 10.1. The van der Waals surface area contributed by atoms with Crippen molar-refractivity contribution in [2.75, 3.05) is 18.0 Å². The van der Waals surface area contributed by atoms with Crippen LogP contribution in [0.25, 0.3) is 0 Å². The van der Waals surface area contributed by atoms with Gasteiger partial charge < -0.3 is 24.2 Å². The van der Waals surface area contributed by atoms with Crippen molar-refractivity contribution in [1.82, 2.24) is 10.6 Å². The number of nitrogens with zero attached hydrogens (tertiary/aromatic N) is 1. The smallest absolute Gasteiger partial charge is 0.407 e. The fraction of sp³-hybridized carbons (Fsp3) is 0.200. The summed E-state index contributed by atoms with van der Waals surface area (Å²) in [6.07, 6.45) is -0.139. The molecule has 0 saturated heterocycles. The minimum atomic E-state index is -2.52. The second kappa shape index (κ2) is 13.3. The van der Waals surface area contributed by atoms with Crippen LogP contribution in [0.2, 0.25) is 10.0 Å². The minimum absolute atomic E-state index is 0.160. The standard InChI is InChI=1S/C25H25Cl2N3O5S/c1-35-25(32)29-16-18-7-5-17(6-8-18)15-28-24(31)20-9-11-21(12-10-20)30(36(33)34)14-13-19-3-2-4-22(26)23(19)27/h2-12H,13-16H2,1H3,(H,28,31)(H,29,32)(H,33,34)/p-1. The highest BCUT2D eigenvalue weighted by Gasteiger charge is 2.12. The van der Waals surface area contributed by atoms with Gasteiger partial charge in [0.2, 0.25) is 0 Å². The molecule has 3 aromatic rings. The number of benzene rings is 3. The number of anilines is 1. The molecule has 2 amide bonds. The van der Waals surface area contributed by atoms with E-state index in [0.717, 1.165) is 16.7 Å². The number of alkyl carbamates (subject to hydrolysis) is 1. The summed E-state index contributed by atoms with van der Waals surface area (Å²) in [5.41, 5.74) is 3.34. The molecule has 0 heterocycles. The van der Waals surface area contributed by atoms with Gasteiger partial charge in [-0.3, -0.25) is 9.00 Å². The summed E-state index contributed by atoms with van der Waals surface area (Å²) >= 11 is 9.72. The molecule has 1 atom stereocenters. The van der Waals surface area contributed by atoms with Gasteiger partial charge in [0.05, 0.1) is 17.2 Å². The molecular weight excluding hydrogens is 525 g/mol. The highest BCUT2D eigenvalue weighted by molar-refractivity contribution is 7.80. The number of rotatable bonds is 10. The molecular formula is C25H24Cl2N3O5S-. The van der Waals surface area contributed by atoms with Crippen molar-refractivity contribution in [2.24, 2.45) is 0 Å². The van der Waals surface area contributed by atoms with Crippen molar-refractivity contribution in [1.29, 1.82) is 0 Å². The zero-order valence-electron chi connectivity index (χ0n) is 19.3. The molecule has 0 aliphatic carbocycles. The van der Waals surface area contributed by atoms with Gasteiger partial charge in [0.15, 0.2) is 0 Å². The van der Waals surface area contributed by atoms with Crippen molar-refractivity contribution in [3.63, 3.8) is 0 Å². The third-order valence-corrected chi connectivity index (χ3v) is 6.92. The van der Waals surface area contributed by atoms with Gasteiger partial charge >= 0.3 is 6.09 Å². The molecule has 0 bridgehead atoms. The van der Waals surface area contributed by atoms with Gasteiger partial charge in [-0.25, -0.2) is 4.79 Å². The van der Waals surface area contributed by atoms with Gasteiger partial charge in [-0.05, 0) is 53.4 Å². The van der Waals surface area contributed by atoms with Crippen LogP contribution in [-0.4, -0.2) is 34.4 Å². The number of hydrogen-bond donors (Lipinski definition) is 2. The van der Waals surface area contributed by atoms with Gasteiger partial charge in [0.25, 0.3) is 5.91 Å². The number of nitrogens with one attached hydrogen (secondary N) is 2. The van der Waals surface area contributed by atoms with Crippen molar-refractivity contribution in [3.8, 4) is 0 Å². The van der Waals surface area contributed by atoms with Crippen LogP contribution in [-0.2, 0) is 35.5 Å². The van der Waals surface area contributed by atoms with Crippen LogP contribution in [0.1, 0.15) is 27.0 Å².